The summed E-state index contributed by atoms with van der Waals surface area (Å²) in [5.41, 5.74) is 0. The van der Waals surface area contributed by atoms with Crippen molar-refractivity contribution in [2.75, 3.05) is 0 Å². The van der Waals surface area contributed by atoms with Crippen LogP contribution in [-0.2, 0) is 14.6 Å². The Balaban J connectivity index is 2.83. The number of hydrogen-bond donors (Lipinski definition) is 1. The molecule has 18 heavy (non-hydrogen) atoms. The highest BCUT2D eigenvalue weighted by molar-refractivity contribution is 7.93. The Kier molecular flexibility index (Phi) is 5.63. The number of aliphatic carboxylic acids is 1. The van der Waals surface area contributed by atoms with Gasteiger partial charge in [0.2, 0.25) is 0 Å². The fourth-order valence-electron chi connectivity index (χ4n) is 2.73. The molecule has 5 heteroatoms. The molecule has 0 radical (unpaired) electrons. The summed E-state index contributed by atoms with van der Waals surface area (Å²) in [5, 5.41) is 7.51. The van der Waals surface area contributed by atoms with Gasteiger partial charge >= 0.3 is 5.97 Å². The van der Waals surface area contributed by atoms with Gasteiger partial charge in [0, 0.05) is 0 Å². The highest BCUT2D eigenvalue weighted by atomic mass is 32.2. The third-order valence-electron chi connectivity index (χ3n) is 3.84. The van der Waals surface area contributed by atoms with Crippen LogP contribution in [0.5, 0.6) is 0 Å². The minimum atomic E-state index is -3.53. The SMILES string of the molecule is CCCCC(C(=O)O)S(=O)(=O)C1CCCC(C)C1. The molecule has 0 heterocycles. The third-order valence-corrected chi connectivity index (χ3v) is 6.43. The van der Waals surface area contributed by atoms with Crippen molar-refractivity contribution >= 4 is 15.8 Å². The van der Waals surface area contributed by atoms with E-state index in [1.807, 2.05) is 13.8 Å². The van der Waals surface area contributed by atoms with Crippen molar-refractivity contribution < 1.29 is 18.3 Å². The van der Waals surface area contributed by atoms with Crippen LogP contribution < -0.4 is 0 Å². The maximum atomic E-state index is 12.4. The quantitative estimate of drug-likeness (QED) is 0.809. The van der Waals surface area contributed by atoms with E-state index in [1.54, 1.807) is 0 Å². The van der Waals surface area contributed by atoms with Crippen molar-refractivity contribution in [2.24, 2.45) is 5.92 Å². The second kappa shape index (κ2) is 6.55. The van der Waals surface area contributed by atoms with Crippen LogP contribution in [0.3, 0.4) is 0 Å². The minimum absolute atomic E-state index is 0.249. The summed E-state index contributed by atoms with van der Waals surface area (Å²) in [4.78, 5) is 11.2. The topological polar surface area (TPSA) is 71.4 Å². The number of carboxylic acids is 1. The van der Waals surface area contributed by atoms with Crippen molar-refractivity contribution in [2.45, 2.75) is 69.3 Å². The third kappa shape index (κ3) is 3.70. The molecule has 0 aromatic carbocycles. The first kappa shape index (κ1) is 15.5. The van der Waals surface area contributed by atoms with E-state index in [9.17, 15) is 13.2 Å². The van der Waals surface area contributed by atoms with Gasteiger partial charge in [-0.25, -0.2) is 8.42 Å². The normalized spacial score (nSPS) is 26.8. The van der Waals surface area contributed by atoms with E-state index in [2.05, 4.69) is 0 Å². The molecule has 0 spiro atoms. The predicted octanol–water partition coefficient (Wildman–Crippen LogP) is 2.62. The van der Waals surface area contributed by atoms with E-state index < -0.39 is 26.3 Å². The Morgan fingerprint density at radius 3 is 2.56 bits per heavy atom. The highest BCUT2D eigenvalue weighted by Crippen LogP contribution is 2.31. The Hall–Kier alpha value is -0.580. The molecule has 1 N–H and O–H groups in total. The van der Waals surface area contributed by atoms with Crippen molar-refractivity contribution in [1.29, 1.82) is 0 Å². The summed E-state index contributed by atoms with van der Waals surface area (Å²) in [6.45, 7) is 3.98. The lowest BCUT2D eigenvalue weighted by Gasteiger charge is -2.28. The molecular formula is C13H24O4S. The highest BCUT2D eigenvalue weighted by Gasteiger charge is 2.39. The first-order chi connectivity index (χ1) is 8.39. The lowest BCUT2D eigenvalue weighted by Crippen LogP contribution is -2.39. The Labute approximate surface area is 110 Å². The largest absolute Gasteiger partial charge is 0.480 e. The molecule has 106 valence electrons. The molecule has 1 fully saturated rings. The van der Waals surface area contributed by atoms with Crippen LogP contribution in [0.1, 0.15) is 58.8 Å². The monoisotopic (exact) mass is 276 g/mol. The van der Waals surface area contributed by atoms with E-state index >= 15 is 0 Å². The Morgan fingerprint density at radius 1 is 1.39 bits per heavy atom. The molecule has 1 saturated carbocycles. The molecule has 3 atom stereocenters. The van der Waals surface area contributed by atoms with Gasteiger partial charge in [-0.05, 0) is 25.2 Å². The van der Waals surface area contributed by atoms with Gasteiger partial charge in [-0.2, -0.15) is 0 Å². The lowest BCUT2D eigenvalue weighted by atomic mass is 9.90. The van der Waals surface area contributed by atoms with Gasteiger partial charge < -0.3 is 5.11 Å². The average molecular weight is 276 g/mol. The zero-order valence-electron chi connectivity index (χ0n) is 11.3. The van der Waals surface area contributed by atoms with E-state index in [1.165, 1.54) is 0 Å². The molecule has 0 aliphatic heterocycles. The van der Waals surface area contributed by atoms with Crippen LogP contribution >= 0.6 is 0 Å². The number of unbranched alkanes of at least 4 members (excludes halogenated alkanes) is 1. The van der Waals surface area contributed by atoms with E-state index in [0.29, 0.717) is 25.2 Å². The second-order valence-electron chi connectivity index (χ2n) is 5.45. The minimum Gasteiger partial charge on any atom is -0.480 e. The number of rotatable bonds is 6. The fraction of sp³-hybridized carbons (Fsp3) is 0.923. The average Bonchev–Trinajstić information content (AvgIpc) is 2.28. The molecule has 1 aliphatic carbocycles. The van der Waals surface area contributed by atoms with Crippen molar-refractivity contribution in [3.8, 4) is 0 Å². The van der Waals surface area contributed by atoms with Gasteiger partial charge in [-0.3, -0.25) is 4.79 Å². The van der Waals surface area contributed by atoms with Crippen LogP contribution in [0.25, 0.3) is 0 Å². The van der Waals surface area contributed by atoms with Gasteiger partial charge in [0.25, 0.3) is 0 Å². The predicted molar refractivity (Wildman–Crippen MR) is 71.3 cm³/mol. The van der Waals surface area contributed by atoms with Gasteiger partial charge in [-0.1, -0.05) is 39.5 Å². The summed E-state index contributed by atoms with van der Waals surface area (Å²) in [7, 11) is -3.53. The second-order valence-corrected chi connectivity index (χ2v) is 7.87. The number of carbonyl (C=O) groups is 1. The van der Waals surface area contributed by atoms with Crippen LogP contribution in [-0.4, -0.2) is 30.0 Å². The van der Waals surface area contributed by atoms with Crippen LogP contribution in [0.15, 0.2) is 0 Å². The zero-order valence-corrected chi connectivity index (χ0v) is 12.1. The Bertz CT molecular complexity index is 374. The zero-order chi connectivity index (χ0) is 13.8. The molecule has 3 unspecified atom stereocenters. The van der Waals surface area contributed by atoms with Gasteiger partial charge in [0.15, 0.2) is 15.1 Å². The fourth-order valence-corrected chi connectivity index (χ4v) is 5.06. The lowest BCUT2D eigenvalue weighted by molar-refractivity contribution is -0.136. The first-order valence-electron chi connectivity index (χ1n) is 6.85. The molecule has 0 saturated heterocycles. The molecule has 1 aliphatic rings. The smallest absolute Gasteiger partial charge is 0.321 e. The van der Waals surface area contributed by atoms with E-state index in [-0.39, 0.29) is 6.42 Å². The van der Waals surface area contributed by atoms with Crippen molar-refractivity contribution in [3.05, 3.63) is 0 Å². The van der Waals surface area contributed by atoms with Gasteiger partial charge in [-0.15, -0.1) is 0 Å². The summed E-state index contributed by atoms with van der Waals surface area (Å²) in [5.74, 6) is -0.791. The first-order valence-corrected chi connectivity index (χ1v) is 8.46. The van der Waals surface area contributed by atoms with Crippen LogP contribution in [0.2, 0.25) is 0 Å². The number of carboxylic acid groups (broad SMARTS) is 1. The molecule has 0 aromatic rings. The summed E-state index contributed by atoms with van der Waals surface area (Å²) >= 11 is 0. The van der Waals surface area contributed by atoms with Crippen molar-refractivity contribution in [3.63, 3.8) is 0 Å². The number of sulfone groups is 1. The maximum absolute atomic E-state index is 12.4. The molecule has 1 rings (SSSR count). The van der Waals surface area contributed by atoms with Gasteiger partial charge in [0.05, 0.1) is 5.25 Å². The molecular weight excluding hydrogens is 252 g/mol. The number of hydrogen-bond acceptors (Lipinski definition) is 3. The molecule has 0 bridgehead atoms. The Morgan fingerprint density at radius 2 is 2.06 bits per heavy atom. The molecule has 0 amide bonds. The summed E-state index contributed by atoms with van der Waals surface area (Å²) in [6.07, 6.45) is 4.92. The van der Waals surface area contributed by atoms with Crippen LogP contribution in [0.4, 0.5) is 0 Å². The maximum Gasteiger partial charge on any atom is 0.321 e. The van der Waals surface area contributed by atoms with E-state index in [4.69, 9.17) is 5.11 Å². The van der Waals surface area contributed by atoms with Crippen LogP contribution in [0, 0.1) is 5.92 Å². The van der Waals surface area contributed by atoms with Gasteiger partial charge in [0.1, 0.15) is 0 Å². The summed E-state index contributed by atoms with van der Waals surface area (Å²) in [6, 6.07) is 0. The standard InChI is InChI=1S/C13H24O4S/c1-3-4-8-12(13(14)15)18(16,17)11-7-5-6-10(2)9-11/h10-12H,3-9H2,1-2H3,(H,14,15). The summed E-state index contributed by atoms with van der Waals surface area (Å²) < 4.78 is 24.8. The molecule has 4 nitrogen and oxygen atoms in total. The molecule has 0 aromatic heterocycles. The van der Waals surface area contributed by atoms with E-state index in [0.717, 1.165) is 19.3 Å². The van der Waals surface area contributed by atoms with Crippen molar-refractivity contribution in [1.82, 2.24) is 0 Å².